The molecular weight excluding hydrogens is 326 g/mol. The molecule has 1 aliphatic rings. The molecular formula is C21H21N3O2. The van der Waals surface area contributed by atoms with Crippen molar-refractivity contribution in [1.82, 2.24) is 9.47 Å². The van der Waals surface area contributed by atoms with E-state index in [1.807, 2.05) is 12.1 Å². The molecule has 0 bridgehead atoms. The first kappa shape index (κ1) is 16.5. The first-order valence-corrected chi connectivity index (χ1v) is 8.90. The predicted molar refractivity (Wildman–Crippen MR) is 101 cm³/mol. The third-order valence-corrected chi connectivity index (χ3v) is 4.98. The van der Waals surface area contributed by atoms with E-state index in [0.717, 1.165) is 31.6 Å². The van der Waals surface area contributed by atoms with Crippen LogP contribution < -0.4 is 0 Å². The third-order valence-electron chi connectivity index (χ3n) is 4.98. The molecule has 26 heavy (non-hydrogen) atoms. The summed E-state index contributed by atoms with van der Waals surface area (Å²) in [6.07, 6.45) is 3.16. The van der Waals surface area contributed by atoms with Gasteiger partial charge in [-0.2, -0.15) is 0 Å². The van der Waals surface area contributed by atoms with Crippen molar-refractivity contribution < 1.29 is 4.92 Å². The molecule has 4 rings (SSSR count). The zero-order chi connectivity index (χ0) is 17.9. The highest BCUT2D eigenvalue weighted by Gasteiger charge is 2.28. The van der Waals surface area contributed by atoms with E-state index in [0.29, 0.717) is 0 Å². The molecule has 1 atom stereocenters. The zero-order valence-corrected chi connectivity index (χ0v) is 14.5. The van der Waals surface area contributed by atoms with Gasteiger partial charge in [0, 0.05) is 43.7 Å². The van der Waals surface area contributed by atoms with Crippen molar-refractivity contribution in [3.8, 4) is 0 Å². The minimum Gasteiger partial charge on any atom is -0.350 e. The number of nitro benzene ring substituents is 1. The van der Waals surface area contributed by atoms with Gasteiger partial charge in [-0.05, 0) is 29.7 Å². The summed E-state index contributed by atoms with van der Waals surface area (Å²) < 4.78 is 2.27. The van der Waals surface area contributed by atoms with Gasteiger partial charge in [0.05, 0.1) is 11.0 Å². The van der Waals surface area contributed by atoms with Gasteiger partial charge < -0.3 is 4.57 Å². The van der Waals surface area contributed by atoms with Gasteiger partial charge in [0.15, 0.2) is 0 Å². The number of rotatable bonds is 4. The lowest BCUT2D eigenvalue weighted by molar-refractivity contribution is -0.384. The van der Waals surface area contributed by atoms with Crippen molar-refractivity contribution in [2.75, 3.05) is 6.54 Å². The molecule has 132 valence electrons. The highest BCUT2D eigenvalue weighted by molar-refractivity contribution is 5.39. The summed E-state index contributed by atoms with van der Waals surface area (Å²) in [6.45, 7) is 2.74. The van der Waals surface area contributed by atoms with Gasteiger partial charge in [0.2, 0.25) is 0 Å². The van der Waals surface area contributed by atoms with Crippen LogP contribution in [0.3, 0.4) is 0 Å². The van der Waals surface area contributed by atoms with E-state index in [9.17, 15) is 10.1 Å². The van der Waals surface area contributed by atoms with Gasteiger partial charge >= 0.3 is 0 Å². The maximum absolute atomic E-state index is 11.3. The second kappa shape index (κ2) is 7.14. The lowest BCUT2D eigenvalue weighted by atomic mass is 10.0. The fraction of sp³-hybridized carbons (Fsp3) is 0.238. The lowest BCUT2D eigenvalue weighted by Crippen LogP contribution is -2.29. The Morgan fingerprint density at radius 2 is 1.85 bits per heavy atom. The maximum atomic E-state index is 11.3. The first-order chi connectivity index (χ1) is 12.7. The number of aromatic nitrogens is 1. The molecule has 0 N–H and O–H groups in total. The lowest BCUT2D eigenvalue weighted by Gasteiger charge is -2.30. The third kappa shape index (κ3) is 3.26. The maximum Gasteiger partial charge on any atom is 0.269 e. The number of fused-ring (bicyclic) bond motifs is 1. The van der Waals surface area contributed by atoms with Crippen LogP contribution in [-0.2, 0) is 13.1 Å². The number of non-ortho nitro benzene ring substituents is 1. The Morgan fingerprint density at radius 3 is 2.65 bits per heavy atom. The Labute approximate surface area is 152 Å². The molecule has 2 heterocycles. The van der Waals surface area contributed by atoms with Crippen LogP contribution in [0.1, 0.15) is 29.3 Å². The van der Waals surface area contributed by atoms with Gasteiger partial charge in [-0.25, -0.2) is 0 Å². The highest BCUT2D eigenvalue weighted by Crippen LogP contribution is 2.34. The van der Waals surface area contributed by atoms with Crippen molar-refractivity contribution in [2.24, 2.45) is 0 Å². The standard InChI is InChI=1S/C21H21N3O2/c25-24(26)19-10-4-9-18(15-19)21-20-11-5-12-22(20)13-6-14-23(21)16-17-7-2-1-3-8-17/h1-5,7-12,15,21H,6,13-14,16H2. The largest absolute Gasteiger partial charge is 0.350 e. The van der Waals surface area contributed by atoms with Gasteiger partial charge in [-0.15, -0.1) is 0 Å². The van der Waals surface area contributed by atoms with Crippen LogP contribution in [0.15, 0.2) is 72.9 Å². The van der Waals surface area contributed by atoms with Crippen molar-refractivity contribution in [2.45, 2.75) is 25.6 Å². The summed E-state index contributed by atoms with van der Waals surface area (Å²) in [4.78, 5) is 13.4. The van der Waals surface area contributed by atoms with Crippen molar-refractivity contribution in [1.29, 1.82) is 0 Å². The van der Waals surface area contributed by atoms with E-state index < -0.39 is 0 Å². The number of nitro groups is 1. The van der Waals surface area contributed by atoms with E-state index in [4.69, 9.17) is 0 Å². The Balaban J connectivity index is 1.77. The summed E-state index contributed by atoms with van der Waals surface area (Å²) >= 11 is 0. The first-order valence-electron chi connectivity index (χ1n) is 8.90. The Morgan fingerprint density at radius 1 is 1.00 bits per heavy atom. The van der Waals surface area contributed by atoms with Crippen molar-refractivity contribution in [3.05, 3.63) is 99.9 Å². The molecule has 2 aromatic carbocycles. The number of aryl methyl sites for hydroxylation is 1. The molecule has 1 aliphatic heterocycles. The van der Waals surface area contributed by atoms with Crippen molar-refractivity contribution in [3.63, 3.8) is 0 Å². The molecule has 0 radical (unpaired) electrons. The van der Waals surface area contributed by atoms with Crippen LogP contribution >= 0.6 is 0 Å². The van der Waals surface area contributed by atoms with E-state index in [-0.39, 0.29) is 16.7 Å². The van der Waals surface area contributed by atoms with Crippen LogP contribution in [0.25, 0.3) is 0 Å². The van der Waals surface area contributed by atoms with Gasteiger partial charge in [-0.3, -0.25) is 15.0 Å². The number of hydrogen-bond acceptors (Lipinski definition) is 3. The normalized spacial score (nSPS) is 17.5. The number of hydrogen-bond donors (Lipinski definition) is 0. The zero-order valence-electron chi connectivity index (χ0n) is 14.5. The topological polar surface area (TPSA) is 51.3 Å². The smallest absolute Gasteiger partial charge is 0.269 e. The second-order valence-electron chi connectivity index (χ2n) is 6.69. The van der Waals surface area contributed by atoms with Crippen LogP contribution in [-0.4, -0.2) is 20.9 Å². The molecule has 5 nitrogen and oxygen atoms in total. The van der Waals surface area contributed by atoms with E-state index in [1.54, 1.807) is 18.2 Å². The molecule has 0 aliphatic carbocycles. The fourth-order valence-corrected chi connectivity index (χ4v) is 3.82. The summed E-state index contributed by atoms with van der Waals surface area (Å²) in [5, 5.41) is 11.3. The minimum absolute atomic E-state index is 0.00704. The molecule has 0 fully saturated rings. The average molecular weight is 347 g/mol. The predicted octanol–water partition coefficient (Wildman–Crippen LogP) is 4.39. The Bertz CT molecular complexity index is 904. The molecule has 0 spiro atoms. The molecule has 3 aromatic rings. The van der Waals surface area contributed by atoms with Crippen molar-refractivity contribution >= 4 is 5.69 Å². The summed E-state index contributed by atoms with van der Waals surface area (Å²) in [7, 11) is 0. The second-order valence-corrected chi connectivity index (χ2v) is 6.69. The van der Waals surface area contributed by atoms with Gasteiger partial charge in [-0.1, -0.05) is 42.5 Å². The van der Waals surface area contributed by atoms with E-state index in [1.165, 1.54) is 11.3 Å². The fourth-order valence-electron chi connectivity index (χ4n) is 3.82. The molecule has 5 heteroatoms. The average Bonchev–Trinajstić information content (AvgIpc) is 3.04. The summed E-state index contributed by atoms with van der Waals surface area (Å²) in [5.41, 5.74) is 3.56. The minimum atomic E-state index is -0.319. The van der Waals surface area contributed by atoms with Crippen LogP contribution in [0.4, 0.5) is 5.69 Å². The monoisotopic (exact) mass is 347 g/mol. The van der Waals surface area contributed by atoms with E-state index >= 15 is 0 Å². The van der Waals surface area contributed by atoms with Gasteiger partial charge in [0.25, 0.3) is 5.69 Å². The Kier molecular flexibility index (Phi) is 4.54. The van der Waals surface area contributed by atoms with Gasteiger partial charge in [0.1, 0.15) is 0 Å². The van der Waals surface area contributed by atoms with Crippen LogP contribution in [0, 0.1) is 10.1 Å². The number of benzene rings is 2. The molecule has 0 saturated heterocycles. The van der Waals surface area contributed by atoms with Crippen LogP contribution in [0.2, 0.25) is 0 Å². The van der Waals surface area contributed by atoms with Crippen LogP contribution in [0.5, 0.6) is 0 Å². The summed E-state index contributed by atoms with van der Waals surface area (Å²) in [5.74, 6) is 0. The highest BCUT2D eigenvalue weighted by atomic mass is 16.6. The quantitative estimate of drug-likeness (QED) is 0.519. The SMILES string of the molecule is O=[N+]([O-])c1cccc(C2c3cccn3CCCN2Cc2ccccc2)c1. The molecule has 1 aromatic heterocycles. The molecule has 0 saturated carbocycles. The Hall–Kier alpha value is -2.92. The number of nitrogens with zero attached hydrogens (tertiary/aromatic N) is 3. The molecule has 1 unspecified atom stereocenters. The van der Waals surface area contributed by atoms with E-state index in [2.05, 4.69) is 52.1 Å². The summed E-state index contributed by atoms with van der Waals surface area (Å²) in [6, 6.07) is 21.6. The molecule has 0 amide bonds.